The number of aromatic amines is 1. The first-order valence-corrected chi connectivity index (χ1v) is 10.0. The SMILES string of the molecule is CC.Cc1[nH]nc(Nc2ccnc3ccc(SC4CCOC4)cc23)c1C. The largest absolute Gasteiger partial charge is 0.380 e. The second-order valence-electron chi connectivity index (χ2n) is 6.09. The van der Waals surface area contributed by atoms with Crippen LogP contribution in [0.25, 0.3) is 10.9 Å². The summed E-state index contributed by atoms with van der Waals surface area (Å²) in [5.74, 6) is 0.863. The molecule has 1 aromatic carbocycles. The minimum atomic E-state index is 0.548. The van der Waals surface area contributed by atoms with Gasteiger partial charge >= 0.3 is 0 Å². The maximum absolute atomic E-state index is 5.48. The van der Waals surface area contributed by atoms with Gasteiger partial charge in [-0.15, -0.1) is 11.8 Å². The lowest BCUT2D eigenvalue weighted by atomic mass is 10.2. The number of pyridine rings is 1. The van der Waals surface area contributed by atoms with E-state index in [2.05, 4.69) is 45.6 Å². The molecule has 5 nitrogen and oxygen atoms in total. The minimum absolute atomic E-state index is 0.548. The van der Waals surface area contributed by atoms with E-state index in [1.165, 1.54) is 4.90 Å². The van der Waals surface area contributed by atoms with Crippen molar-refractivity contribution in [2.24, 2.45) is 0 Å². The van der Waals surface area contributed by atoms with E-state index in [0.29, 0.717) is 5.25 Å². The molecule has 2 aromatic heterocycles. The lowest BCUT2D eigenvalue weighted by molar-refractivity contribution is 0.199. The molecule has 1 fully saturated rings. The summed E-state index contributed by atoms with van der Waals surface area (Å²) in [5.41, 5.74) is 4.22. The van der Waals surface area contributed by atoms with Crippen LogP contribution in [0.4, 0.5) is 11.5 Å². The molecule has 2 N–H and O–H groups in total. The molecular formula is C20H26N4OS. The number of hydrogen-bond donors (Lipinski definition) is 2. The van der Waals surface area contributed by atoms with Crippen molar-refractivity contribution in [1.29, 1.82) is 0 Å². The van der Waals surface area contributed by atoms with Crippen LogP contribution >= 0.6 is 11.8 Å². The Hall–Kier alpha value is -2.05. The first-order chi connectivity index (χ1) is 12.7. The van der Waals surface area contributed by atoms with Crippen LogP contribution < -0.4 is 5.32 Å². The molecule has 1 unspecified atom stereocenters. The lowest BCUT2D eigenvalue weighted by Gasteiger charge is -2.11. The molecule has 1 aliphatic heterocycles. The number of aryl methyl sites for hydroxylation is 1. The van der Waals surface area contributed by atoms with E-state index in [1.54, 1.807) is 0 Å². The Balaban J connectivity index is 0.000000948. The number of nitrogens with zero attached hydrogens (tertiary/aromatic N) is 2. The predicted octanol–water partition coefficient (Wildman–Crippen LogP) is 5.23. The first-order valence-electron chi connectivity index (χ1n) is 9.12. The van der Waals surface area contributed by atoms with Crippen molar-refractivity contribution in [3.05, 3.63) is 41.7 Å². The molecule has 0 saturated carbocycles. The van der Waals surface area contributed by atoms with Crippen LogP contribution in [0.15, 0.2) is 35.4 Å². The van der Waals surface area contributed by atoms with Crippen LogP contribution in [0.3, 0.4) is 0 Å². The number of rotatable bonds is 4. The van der Waals surface area contributed by atoms with Gasteiger partial charge in [0, 0.05) is 39.6 Å². The number of H-pyrrole nitrogens is 1. The van der Waals surface area contributed by atoms with Crippen LogP contribution in [0.1, 0.15) is 31.5 Å². The molecule has 1 saturated heterocycles. The summed E-state index contributed by atoms with van der Waals surface area (Å²) in [6, 6.07) is 8.44. The van der Waals surface area contributed by atoms with Gasteiger partial charge in [0.1, 0.15) is 0 Å². The molecule has 0 aliphatic carbocycles. The van der Waals surface area contributed by atoms with Gasteiger partial charge in [0.2, 0.25) is 0 Å². The summed E-state index contributed by atoms with van der Waals surface area (Å²) in [6.45, 7) is 9.80. The standard InChI is InChI=1S/C18H20N4OS.C2H6/c1-11-12(2)21-22-18(11)20-17-5-7-19-16-4-3-13(9-15(16)17)24-14-6-8-23-10-14;1-2/h3-5,7,9,14H,6,8,10H2,1-2H3,(H2,19,20,21,22);1-2H3. The van der Waals surface area contributed by atoms with Crippen molar-refractivity contribution in [2.45, 2.75) is 44.3 Å². The Kier molecular flexibility index (Phi) is 6.16. The molecule has 138 valence electrons. The average Bonchev–Trinajstić information content (AvgIpc) is 3.29. The fourth-order valence-corrected chi connectivity index (χ4v) is 3.94. The topological polar surface area (TPSA) is 62.8 Å². The highest BCUT2D eigenvalue weighted by atomic mass is 32.2. The van der Waals surface area contributed by atoms with E-state index in [4.69, 9.17) is 4.74 Å². The Morgan fingerprint density at radius 2 is 2.08 bits per heavy atom. The number of aromatic nitrogens is 3. The smallest absolute Gasteiger partial charge is 0.155 e. The molecule has 6 heteroatoms. The molecule has 1 atom stereocenters. The van der Waals surface area contributed by atoms with E-state index in [1.807, 2.05) is 44.8 Å². The summed E-state index contributed by atoms with van der Waals surface area (Å²) >= 11 is 1.89. The number of thioether (sulfide) groups is 1. The van der Waals surface area contributed by atoms with Crippen molar-refractivity contribution < 1.29 is 4.74 Å². The van der Waals surface area contributed by atoms with Gasteiger partial charge in [-0.05, 0) is 44.5 Å². The molecular weight excluding hydrogens is 344 g/mol. The lowest BCUT2D eigenvalue weighted by Crippen LogP contribution is -2.00. The molecule has 0 amide bonds. The van der Waals surface area contributed by atoms with Crippen LogP contribution in [-0.4, -0.2) is 33.6 Å². The Morgan fingerprint density at radius 1 is 1.23 bits per heavy atom. The molecule has 0 spiro atoms. The van der Waals surface area contributed by atoms with Gasteiger partial charge in [-0.3, -0.25) is 10.1 Å². The molecule has 26 heavy (non-hydrogen) atoms. The van der Waals surface area contributed by atoms with E-state index >= 15 is 0 Å². The number of hydrogen-bond acceptors (Lipinski definition) is 5. The molecule has 0 radical (unpaired) electrons. The van der Waals surface area contributed by atoms with Crippen LogP contribution in [0.5, 0.6) is 0 Å². The molecule has 3 aromatic rings. The predicted molar refractivity (Wildman–Crippen MR) is 110 cm³/mol. The average molecular weight is 371 g/mol. The number of benzene rings is 1. The summed E-state index contributed by atoms with van der Waals surface area (Å²) in [5, 5.41) is 12.5. The highest BCUT2D eigenvalue weighted by Gasteiger charge is 2.17. The number of ether oxygens (including phenoxy) is 1. The van der Waals surface area contributed by atoms with Gasteiger partial charge in [-0.2, -0.15) is 5.10 Å². The van der Waals surface area contributed by atoms with Gasteiger partial charge in [-0.1, -0.05) is 13.8 Å². The Morgan fingerprint density at radius 3 is 2.77 bits per heavy atom. The van der Waals surface area contributed by atoms with E-state index in [9.17, 15) is 0 Å². The maximum atomic E-state index is 5.48. The van der Waals surface area contributed by atoms with Crippen molar-refractivity contribution >= 4 is 34.2 Å². The number of fused-ring (bicyclic) bond motifs is 1. The summed E-state index contributed by atoms with van der Waals surface area (Å²) < 4.78 is 5.48. The fraction of sp³-hybridized carbons (Fsp3) is 0.400. The minimum Gasteiger partial charge on any atom is -0.380 e. The fourth-order valence-electron chi connectivity index (χ4n) is 2.84. The van der Waals surface area contributed by atoms with Crippen molar-refractivity contribution in [1.82, 2.24) is 15.2 Å². The summed E-state index contributed by atoms with van der Waals surface area (Å²) in [6.07, 6.45) is 2.95. The van der Waals surface area contributed by atoms with Crippen molar-refractivity contribution in [2.75, 3.05) is 18.5 Å². The normalized spacial score (nSPS) is 16.4. The number of nitrogens with one attached hydrogen (secondary N) is 2. The van der Waals surface area contributed by atoms with Crippen molar-refractivity contribution in [3.8, 4) is 0 Å². The van der Waals surface area contributed by atoms with Crippen LogP contribution in [0.2, 0.25) is 0 Å². The maximum Gasteiger partial charge on any atom is 0.155 e. The van der Waals surface area contributed by atoms with Gasteiger partial charge in [0.15, 0.2) is 5.82 Å². The molecule has 1 aliphatic rings. The third kappa shape index (κ3) is 4.02. The van der Waals surface area contributed by atoms with Gasteiger partial charge in [0.05, 0.1) is 17.8 Å². The highest BCUT2D eigenvalue weighted by molar-refractivity contribution is 8.00. The molecule has 4 rings (SSSR count). The van der Waals surface area contributed by atoms with Gasteiger partial charge in [0.25, 0.3) is 0 Å². The second-order valence-corrected chi connectivity index (χ2v) is 7.46. The third-order valence-corrected chi connectivity index (χ3v) is 5.64. The number of anilines is 2. The van der Waals surface area contributed by atoms with E-state index in [0.717, 1.165) is 53.3 Å². The third-order valence-electron chi connectivity index (χ3n) is 4.41. The van der Waals surface area contributed by atoms with Crippen LogP contribution in [-0.2, 0) is 4.74 Å². The Labute approximate surface area is 158 Å². The van der Waals surface area contributed by atoms with E-state index in [-0.39, 0.29) is 0 Å². The van der Waals surface area contributed by atoms with Crippen LogP contribution in [0, 0.1) is 13.8 Å². The zero-order valence-electron chi connectivity index (χ0n) is 15.8. The highest BCUT2D eigenvalue weighted by Crippen LogP contribution is 2.33. The Bertz CT molecular complexity index is 871. The summed E-state index contributed by atoms with van der Waals surface area (Å²) in [7, 11) is 0. The van der Waals surface area contributed by atoms with Gasteiger partial charge < -0.3 is 10.1 Å². The van der Waals surface area contributed by atoms with E-state index < -0.39 is 0 Å². The van der Waals surface area contributed by atoms with Crippen molar-refractivity contribution in [3.63, 3.8) is 0 Å². The zero-order valence-corrected chi connectivity index (χ0v) is 16.6. The first kappa shape index (κ1) is 18.7. The molecule has 3 heterocycles. The second kappa shape index (κ2) is 8.56. The molecule has 0 bridgehead atoms. The van der Waals surface area contributed by atoms with Gasteiger partial charge in [-0.25, -0.2) is 0 Å². The monoisotopic (exact) mass is 370 g/mol. The summed E-state index contributed by atoms with van der Waals surface area (Å²) in [4.78, 5) is 5.74. The zero-order chi connectivity index (χ0) is 18.5. The quantitative estimate of drug-likeness (QED) is 0.659.